The number of primary amides is 1. The van der Waals surface area contributed by atoms with Crippen LogP contribution in [0.2, 0.25) is 0 Å². The summed E-state index contributed by atoms with van der Waals surface area (Å²) in [6.07, 6.45) is 7.45. The Balaban J connectivity index is 1.87. The van der Waals surface area contributed by atoms with Gasteiger partial charge in [0.2, 0.25) is 0 Å². The second-order valence-corrected chi connectivity index (χ2v) is 7.63. The Labute approximate surface area is 123 Å². The fraction of sp³-hybridized carbons (Fsp3) is 0.938. The van der Waals surface area contributed by atoms with Gasteiger partial charge in [-0.3, -0.25) is 0 Å². The molecule has 2 rings (SSSR count). The second kappa shape index (κ2) is 6.33. The number of nitrogens with one attached hydrogen (secondary N) is 1. The molecule has 1 saturated carbocycles. The first-order chi connectivity index (χ1) is 9.38. The highest BCUT2D eigenvalue weighted by Gasteiger charge is 2.35. The summed E-state index contributed by atoms with van der Waals surface area (Å²) >= 11 is 0. The first-order valence-corrected chi connectivity index (χ1v) is 8.18. The van der Waals surface area contributed by atoms with Crippen molar-refractivity contribution in [2.24, 2.45) is 17.1 Å². The smallest absolute Gasteiger partial charge is 0.314 e. The van der Waals surface area contributed by atoms with Gasteiger partial charge in [-0.2, -0.15) is 0 Å². The molecular formula is C16H31N3O. The van der Waals surface area contributed by atoms with Crippen LogP contribution >= 0.6 is 0 Å². The predicted molar refractivity (Wildman–Crippen MR) is 82.5 cm³/mol. The van der Waals surface area contributed by atoms with Crippen molar-refractivity contribution < 1.29 is 4.79 Å². The zero-order valence-corrected chi connectivity index (χ0v) is 13.3. The minimum Gasteiger partial charge on any atom is -0.351 e. The lowest BCUT2D eigenvalue weighted by molar-refractivity contribution is 0.111. The fourth-order valence-corrected chi connectivity index (χ4v) is 3.94. The maximum Gasteiger partial charge on any atom is 0.314 e. The van der Waals surface area contributed by atoms with E-state index in [2.05, 4.69) is 26.1 Å². The summed E-state index contributed by atoms with van der Waals surface area (Å²) < 4.78 is 0. The molecule has 20 heavy (non-hydrogen) atoms. The summed E-state index contributed by atoms with van der Waals surface area (Å²) in [6.45, 7) is 8.72. The number of carbonyl (C=O) groups excluding carboxylic acids is 1. The lowest BCUT2D eigenvalue weighted by Gasteiger charge is -2.43. The van der Waals surface area contributed by atoms with Crippen molar-refractivity contribution >= 4 is 6.03 Å². The van der Waals surface area contributed by atoms with E-state index in [9.17, 15) is 4.79 Å². The van der Waals surface area contributed by atoms with Crippen LogP contribution in [0.25, 0.3) is 0 Å². The molecule has 0 aromatic heterocycles. The van der Waals surface area contributed by atoms with E-state index in [1.165, 1.54) is 25.7 Å². The number of hydrogen-bond acceptors (Lipinski definition) is 2. The first kappa shape index (κ1) is 15.6. The number of urea groups is 1. The van der Waals surface area contributed by atoms with Gasteiger partial charge in [0.15, 0.2) is 0 Å². The molecule has 0 aromatic carbocycles. The molecular weight excluding hydrogens is 250 g/mol. The molecule has 1 aliphatic heterocycles. The van der Waals surface area contributed by atoms with Gasteiger partial charge in [-0.1, -0.05) is 33.6 Å². The van der Waals surface area contributed by atoms with E-state index in [1.807, 2.05) is 0 Å². The molecule has 116 valence electrons. The topological polar surface area (TPSA) is 58.4 Å². The Morgan fingerprint density at radius 1 is 1.10 bits per heavy atom. The predicted octanol–water partition coefficient (Wildman–Crippen LogP) is 2.72. The number of piperidine rings is 1. The Hall–Kier alpha value is -0.770. The molecule has 1 heterocycles. The molecule has 1 aliphatic carbocycles. The number of amides is 2. The van der Waals surface area contributed by atoms with Crippen LogP contribution in [0.15, 0.2) is 0 Å². The van der Waals surface area contributed by atoms with Gasteiger partial charge in [0.05, 0.1) is 0 Å². The number of nitrogens with two attached hydrogens (primary N) is 1. The van der Waals surface area contributed by atoms with Gasteiger partial charge in [0, 0.05) is 25.2 Å². The monoisotopic (exact) mass is 281 g/mol. The zero-order valence-electron chi connectivity index (χ0n) is 13.3. The minimum absolute atomic E-state index is 0.270. The number of nitrogens with zero attached hydrogens (tertiary/aromatic N) is 1. The van der Waals surface area contributed by atoms with Crippen molar-refractivity contribution in [3.63, 3.8) is 0 Å². The molecule has 0 bridgehead atoms. The summed E-state index contributed by atoms with van der Waals surface area (Å²) in [5.74, 6) is 0.769. The van der Waals surface area contributed by atoms with Gasteiger partial charge in [-0.15, -0.1) is 0 Å². The van der Waals surface area contributed by atoms with Crippen molar-refractivity contribution in [2.45, 2.75) is 71.4 Å². The van der Waals surface area contributed by atoms with Crippen LogP contribution in [0.5, 0.6) is 0 Å². The van der Waals surface area contributed by atoms with Gasteiger partial charge >= 0.3 is 6.03 Å². The van der Waals surface area contributed by atoms with Crippen molar-refractivity contribution in [1.82, 2.24) is 10.2 Å². The van der Waals surface area contributed by atoms with E-state index in [-0.39, 0.29) is 6.03 Å². The number of carbonyl (C=O) groups is 1. The molecule has 3 N–H and O–H groups in total. The Morgan fingerprint density at radius 3 is 2.25 bits per heavy atom. The average molecular weight is 281 g/mol. The van der Waals surface area contributed by atoms with Gasteiger partial charge in [0.25, 0.3) is 0 Å². The third-order valence-electron chi connectivity index (χ3n) is 5.13. The Bertz CT molecular complexity index is 329. The van der Waals surface area contributed by atoms with Crippen molar-refractivity contribution in [1.29, 1.82) is 0 Å². The normalized spacial score (nSPS) is 29.4. The van der Waals surface area contributed by atoms with Gasteiger partial charge in [-0.25, -0.2) is 4.79 Å². The standard InChI is InChI=1S/C16H31N3O/c1-16(2,3)13-6-4-5-7-14(13)18-12-8-10-19(11-9-12)15(17)20/h12-14,18H,4-11H2,1-3H3,(H2,17,20). The van der Waals surface area contributed by atoms with E-state index in [4.69, 9.17) is 5.73 Å². The van der Waals surface area contributed by atoms with E-state index >= 15 is 0 Å². The van der Waals surface area contributed by atoms with E-state index in [1.54, 1.807) is 4.90 Å². The minimum atomic E-state index is -0.270. The van der Waals surface area contributed by atoms with Crippen molar-refractivity contribution in [3.05, 3.63) is 0 Å². The molecule has 1 saturated heterocycles. The number of likely N-dealkylation sites (tertiary alicyclic amines) is 1. The van der Waals surface area contributed by atoms with Crippen LogP contribution in [0.1, 0.15) is 59.3 Å². The molecule has 0 spiro atoms. The first-order valence-electron chi connectivity index (χ1n) is 8.18. The van der Waals surface area contributed by atoms with Gasteiger partial charge in [0.1, 0.15) is 0 Å². The molecule has 2 atom stereocenters. The molecule has 4 heteroatoms. The van der Waals surface area contributed by atoms with E-state index < -0.39 is 0 Å². The molecule has 2 aliphatic rings. The third-order valence-corrected chi connectivity index (χ3v) is 5.13. The van der Waals surface area contributed by atoms with Crippen LogP contribution in [0.4, 0.5) is 4.79 Å². The summed E-state index contributed by atoms with van der Waals surface area (Å²) in [4.78, 5) is 12.9. The maximum atomic E-state index is 11.2. The lowest BCUT2D eigenvalue weighted by atomic mass is 9.69. The summed E-state index contributed by atoms with van der Waals surface area (Å²) in [6, 6.07) is 0.932. The quantitative estimate of drug-likeness (QED) is 0.817. The van der Waals surface area contributed by atoms with E-state index in [0.717, 1.165) is 31.8 Å². The number of rotatable bonds is 2. The van der Waals surface area contributed by atoms with Gasteiger partial charge < -0.3 is 16.0 Å². The van der Waals surface area contributed by atoms with Crippen LogP contribution in [-0.4, -0.2) is 36.1 Å². The lowest BCUT2D eigenvalue weighted by Crippen LogP contribution is -2.52. The highest BCUT2D eigenvalue weighted by molar-refractivity contribution is 5.72. The van der Waals surface area contributed by atoms with Gasteiger partial charge in [-0.05, 0) is 37.0 Å². The summed E-state index contributed by atoms with van der Waals surface area (Å²) in [5, 5.41) is 3.90. The van der Waals surface area contributed by atoms with Crippen LogP contribution in [0, 0.1) is 11.3 Å². The van der Waals surface area contributed by atoms with Crippen molar-refractivity contribution in [3.8, 4) is 0 Å². The highest BCUT2D eigenvalue weighted by Crippen LogP contribution is 2.38. The molecule has 0 aromatic rings. The largest absolute Gasteiger partial charge is 0.351 e. The summed E-state index contributed by atoms with van der Waals surface area (Å²) in [5.41, 5.74) is 5.72. The van der Waals surface area contributed by atoms with E-state index in [0.29, 0.717) is 17.5 Å². The maximum absolute atomic E-state index is 11.2. The van der Waals surface area contributed by atoms with Crippen molar-refractivity contribution in [2.75, 3.05) is 13.1 Å². The molecule has 2 amide bonds. The number of hydrogen-bond donors (Lipinski definition) is 2. The fourth-order valence-electron chi connectivity index (χ4n) is 3.94. The summed E-state index contributed by atoms with van der Waals surface area (Å²) in [7, 11) is 0. The molecule has 2 fully saturated rings. The highest BCUT2D eigenvalue weighted by atomic mass is 16.2. The van der Waals surface area contributed by atoms with Crippen LogP contribution in [0.3, 0.4) is 0 Å². The second-order valence-electron chi connectivity index (χ2n) is 7.63. The van der Waals surface area contributed by atoms with Crippen LogP contribution in [-0.2, 0) is 0 Å². The Morgan fingerprint density at radius 2 is 1.70 bits per heavy atom. The zero-order chi connectivity index (χ0) is 14.8. The molecule has 4 nitrogen and oxygen atoms in total. The molecule has 2 unspecified atom stereocenters. The average Bonchev–Trinajstić information content (AvgIpc) is 2.38. The molecule has 0 radical (unpaired) electrons. The SMILES string of the molecule is CC(C)(C)C1CCCCC1NC1CCN(C(N)=O)CC1. The van der Waals surface area contributed by atoms with Crippen LogP contribution < -0.4 is 11.1 Å². The third kappa shape index (κ3) is 3.87. The Kier molecular flexibility index (Phi) is 4.95.